The van der Waals surface area contributed by atoms with E-state index < -0.39 is 8.32 Å². The van der Waals surface area contributed by atoms with Crippen LogP contribution in [0.3, 0.4) is 0 Å². The van der Waals surface area contributed by atoms with Crippen molar-refractivity contribution >= 4 is 14.3 Å². The van der Waals surface area contributed by atoms with E-state index in [2.05, 4.69) is 38.6 Å². The summed E-state index contributed by atoms with van der Waals surface area (Å²) in [4.78, 5) is 11.1. The lowest BCUT2D eigenvalue weighted by atomic mass is 10.2. The lowest BCUT2D eigenvalue weighted by Gasteiger charge is -2.35. The molecule has 3 nitrogen and oxygen atoms in total. The average molecular weight is 244 g/mol. The van der Waals surface area contributed by atoms with Crippen LogP contribution in [0.15, 0.2) is 11.6 Å². The first-order chi connectivity index (χ1) is 7.12. The zero-order valence-corrected chi connectivity index (χ0v) is 12.5. The lowest BCUT2D eigenvalue weighted by molar-refractivity contribution is -0.136. The monoisotopic (exact) mass is 244 g/mol. The Bertz CT molecular complexity index is 274. The smallest absolute Gasteiger partial charge is 0.333 e. The first kappa shape index (κ1) is 15.4. The highest BCUT2D eigenvalue weighted by molar-refractivity contribution is 6.74. The Labute approximate surface area is 100.0 Å². The molecule has 0 fully saturated rings. The third-order valence-corrected chi connectivity index (χ3v) is 7.65. The maximum atomic E-state index is 11.1. The standard InChI is InChI=1S/C12H24O3Si/c1-10(11(13)14-5)8-9-15-16(6,7)12(2,3)4/h8H,9H2,1-7H3/b10-8+. The molecule has 0 aromatic carbocycles. The van der Waals surface area contributed by atoms with Crippen LogP contribution in [0.1, 0.15) is 27.7 Å². The minimum absolute atomic E-state index is 0.194. The molecule has 0 aliphatic rings. The first-order valence-electron chi connectivity index (χ1n) is 5.51. The molecule has 0 bridgehead atoms. The summed E-state index contributed by atoms with van der Waals surface area (Å²) in [6.07, 6.45) is 1.78. The highest BCUT2D eigenvalue weighted by Gasteiger charge is 2.36. The zero-order valence-electron chi connectivity index (χ0n) is 11.5. The molecule has 0 saturated carbocycles. The summed E-state index contributed by atoms with van der Waals surface area (Å²) in [5, 5.41) is 0.194. The predicted octanol–water partition coefficient (Wildman–Crippen LogP) is 3.13. The molecule has 0 spiro atoms. The fourth-order valence-electron chi connectivity index (χ4n) is 0.836. The topological polar surface area (TPSA) is 35.5 Å². The van der Waals surface area contributed by atoms with E-state index in [1.54, 1.807) is 13.0 Å². The maximum absolute atomic E-state index is 11.1. The van der Waals surface area contributed by atoms with Crippen molar-refractivity contribution in [2.45, 2.75) is 45.8 Å². The molecule has 0 heterocycles. The summed E-state index contributed by atoms with van der Waals surface area (Å²) in [6.45, 7) is 13.2. The van der Waals surface area contributed by atoms with Crippen LogP contribution in [0, 0.1) is 0 Å². The number of esters is 1. The van der Waals surface area contributed by atoms with E-state index in [-0.39, 0.29) is 11.0 Å². The molecule has 16 heavy (non-hydrogen) atoms. The number of rotatable bonds is 4. The number of hydrogen-bond donors (Lipinski definition) is 0. The Kier molecular flexibility index (Phi) is 5.42. The van der Waals surface area contributed by atoms with Crippen molar-refractivity contribution in [3.05, 3.63) is 11.6 Å². The fraction of sp³-hybridized carbons (Fsp3) is 0.750. The third kappa shape index (κ3) is 4.49. The summed E-state index contributed by atoms with van der Waals surface area (Å²) < 4.78 is 10.5. The molecular formula is C12H24O3Si. The molecule has 4 heteroatoms. The fourth-order valence-corrected chi connectivity index (χ4v) is 1.77. The van der Waals surface area contributed by atoms with E-state index in [9.17, 15) is 4.79 Å². The molecule has 0 aliphatic carbocycles. The van der Waals surface area contributed by atoms with Crippen LogP contribution in [-0.2, 0) is 14.0 Å². The quantitative estimate of drug-likeness (QED) is 0.433. The second-order valence-electron chi connectivity index (χ2n) is 5.45. The molecule has 0 aromatic heterocycles. The van der Waals surface area contributed by atoms with E-state index in [4.69, 9.17) is 4.43 Å². The van der Waals surface area contributed by atoms with Gasteiger partial charge in [0.15, 0.2) is 8.32 Å². The molecule has 0 unspecified atom stereocenters. The van der Waals surface area contributed by atoms with Gasteiger partial charge in [-0.25, -0.2) is 4.79 Å². The van der Waals surface area contributed by atoms with Crippen LogP contribution in [-0.4, -0.2) is 28.0 Å². The van der Waals surface area contributed by atoms with Gasteiger partial charge in [0.05, 0.1) is 13.7 Å². The Morgan fingerprint density at radius 2 is 1.81 bits per heavy atom. The summed E-state index contributed by atoms with van der Waals surface area (Å²) in [7, 11) is -0.330. The van der Waals surface area contributed by atoms with Crippen molar-refractivity contribution in [1.82, 2.24) is 0 Å². The maximum Gasteiger partial charge on any atom is 0.333 e. The summed E-state index contributed by atoms with van der Waals surface area (Å²) in [5.74, 6) is -0.293. The number of carbonyl (C=O) groups excluding carboxylic acids is 1. The van der Waals surface area contributed by atoms with E-state index in [1.807, 2.05) is 0 Å². The molecule has 0 radical (unpaired) electrons. The van der Waals surface area contributed by atoms with Crippen molar-refractivity contribution in [3.8, 4) is 0 Å². The van der Waals surface area contributed by atoms with Crippen LogP contribution >= 0.6 is 0 Å². The van der Waals surface area contributed by atoms with Gasteiger partial charge in [0, 0.05) is 5.57 Å². The van der Waals surface area contributed by atoms with Crippen LogP contribution in [0.5, 0.6) is 0 Å². The number of methoxy groups -OCH3 is 1. The van der Waals surface area contributed by atoms with Gasteiger partial charge in [-0.15, -0.1) is 0 Å². The Balaban J connectivity index is 4.33. The highest BCUT2D eigenvalue weighted by Crippen LogP contribution is 2.36. The number of ether oxygens (including phenoxy) is 1. The van der Waals surface area contributed by atoms with E-state index in [0.29, 0.717) is 12.2 Å². The second kappa shape index (κ2) is 5.64. The molecular weight excluding hydrogens is 220 g/mol. The van der Waals surface area contributed by atoms with E-state index in [0.717, 1.165) is 0 Å². The predicted molar refractivity (Wildman–Crippen MR) is 68.9 cm³/mol. The van der Waals surface area contributed by atoms with Gasteiger partial charge in [-0.3, -0.25) is 0 Å². The first-order valence-corrected chi connectivity index (χ1v) is 8.41. The van der Waals surface area contributed by atoms with Crippen LogP contribution in [0.4, 0.5) is 0 Å². The summed E-state index contributed by atoms with van der Waals surface area (Å²) in [5.41, 5.74) is 0.598. The second-order valence-corrected chi connectivity index (χ2v) is 10.3. The Hall–Kier alpha value is -0.613. The van der Waals surface area contributed by atoms with E-state index in [1.165, 1.54) is 7.11 Å². The molecule has 0 aliphatic heterocycles. The molecule has 0 N–H and O–H groups in total. The summed E-state index contributed by atoms with van der Waals surface area (Å²) >= 11 is 0. The van der Waals surface area contributed by atoms with Gasteiger partial charge in [-0.05, 0) is 25.1 Å². The number of carbonyl (C=O) groups is 1. The largest absolute Gasteiger partial charge is 0.466 e. The molecule has 0 saturated heterocycles. The molecule has 0 amide bonds. The van der Waals surface area contributed by atoms with Gasteiger partial charge in [-0.1, -0.05) is 26.8 Å². The normalized spacial score (nSPS) is 13.8. The van der Waals surface area contributed by atoms with Crippen molar-refractivity contribution in [1.29, 1.82) is 0 Å². The lowest BCUT2D eigenvalue weighted by Crippen LogP contribution is -2.40. The minimum atomic E-state index is -1.71. The van der Waals surface area contributed by atoms with Gasteiger partial charge in [0.25, 0.3) is 0 Å². The molecule has 0 aromatic rings. The Morgan fingerprint density at radius 1 is 1.31 bits per heavy atom. The van der Waals surface area contributed by atoms with Gasteiger partial charge < -0.3 is 9.16 Å². The van der Waals surface area contributed by atoms with Gasteiger partial charge >= 0.3 is 5.97 Å². The average Bonchev–Trinajstić information content (AvgIpc) is 2.14. The molecule has 0 atom stereocenters. The zero-order chi connectivity index (χ0) is 13.0. The highest BCUT2D eigenvalue weighted by atomic mass is 28.4. The van der Waals surface area contributed by atoms with Crippen molar-refractivity contribution in [2.24, 2.45) is 0 Å². The van der Waals surface area contributed by atoms with Gasteiger partial charge in [-0.2, -0.15) is 0 Å². The van der Waals surface area contributed by atoms with Crippen molar-refractivity contribution < 1.29 is 14.0 Å². The van der Waals surface area contributed by atoms with E-state index >= 15 is 0 Å². The molecule has 0 rings (SSSR count). The third-order valence-electron chi connectivity index (χ3n) is 3.15. The summed E-state index contributed by atoms with van der Waals surface area (Å²) in [6, 6.07) is 0. The van der Waals surface area contributed by atoms with Crippen LogP contribution < -0.4 is 0 Å². The van der Waals surface area contributed by atoms with Gasteiger partial charge in [0.1, 0.15) is 0 Å². The number of hydrogen-bond acceptors (Lipinski definition) is 3. The van der Waals surface area contributed by atoms with Crippen LogP contribution in [0.2, 0.25) is 18.1 Å². The van der Waals surface area contributed by atoms with Crippen molar-refractivity contribution in [3.63, 3.8) is 0 Å². The van der Waals surface area contributed by atoms with Gasteiger partial charge in [0.2, 0.25) is 0 Å². The Morgan fingerprint density at radius 3 is 2.19 bits per heavy atom. The minimum Gasteiger partial charge on any atom is -0.466 e. The SMILES string of the molecule is COC(=O)/C(C)=C/CO[Si](C)(C)C(C)(C)C. The van der Waals surface area contributed by atoms with Crippen LogP contribution in [0.25, 0.3) is 0 Å². The molecule has 94 valence electrons. The van der Waals surface area contributed by atoms with Crippen molar-refractivity contribution in [2.75, 3.05) is 13.7 Å².